The fraction of sp³-hybridized carbons (Fsp3) is 0.455. The van der Waals surface area contributed by atoms with E-state index < -0.39 is 0 Å². The summed E-state index contributed by atoms with van der Waals surface area (Å²) in [5, 5.41) is 12.0. The van der Waals surface area contributed by atoms with Gasteiger partial charge in [0.2, 0.25) is 0 Å². The van der Waals surface area contributed by atoms with Crippen molar-refractivity contribution in [3.8, 4) is 0 Å². The lowest BCUT2D eigenvalue weighted by molar-refractivity contribution is 0.268. The van der Waals surface area contributed by atoms with Crippen LogP contribution in [0.3, 0.4) is 0 Å². The second-order valence-electron chi connectivity index (χ2n) is 3.28. The van der Waals surface area contributed by atoms with Crippen LogP contribution in [-0.4, -0.2) is 17.8 Å². The van der Waals surface area contributed by atoms with Gasteiger partial charge < -0.3 is 10.4 Å². The van der Waals surface area contributed by atoms with Crippen LogP contribution in [0.2, 0.25) is 0 Å². The van der Waals surface area contributed by atoms with E-state index in [2.05, 4.69) is 24.4 Å². The Morgan fingerprint density at radius 2 is 2.00 bits per heavy atom. The third-order valence-electron chi connectivity index (χ3n) is 2.06. The van der Waals surface area contributed by atoms with Gasteiger partial charge in [0.15, 0.2) is 0 Å². The van der Waals surface area contributed by atoms with Gasteiger partial charge in [0, 0.05) is 19.2 Å². The molecule has 0 unspecified atom stereocenters. The summed E-state index contributed by atoms with van der Waals surface area (Å²) in [6, 6.07) is 10.7. The number of hydrogen-bond acceptors (Lipinski definition) is 2. The summed E-state index contributed by atoms with van der Waals surface area (Å²) in [4.78, 5) is 0. The molecule has 72 valence electrons. The van der Waals surface area contributed by atoms with Gasteiger partial charge in [-0.15, -0.1) is 0 Å². The van der Waals surface area contributed by atoms with E-state index in [1.165, 1.54) is 5.56 Å². The van der Waals surface area contributed by atoms with Crippen molar-refractivity contribution in [2.45, 2.75) is 25.9 Å². The molecule has 0 heterocycles. The van der Waals surface area contributed by atoms with Crippen molar-refractivity contribution in [1.82, 2.24) is 5.32 Å². The quantitative estimate of drug-likeness (QED) is 0.718. The van der Waals surface area contributed by atoms with Gasteiger partial charge in [0.1, 0.15) is 0 Å². The molecular weight excluding hydrogens is 162 g/mol. The van der Waals surface area contributed by atoms with E-state index >= 15 is 0 Å². The van der Waals surface area contributed by atoms with Crippen molar-refractivity contribution in [3.63, 3.8) is 0 Å². The molecule has 1 atom stereocenters. The molecule has 13 heavy (non-hydrogen) atoms. The van der Waals surface area contributed by atoms with Gasteiger partial charge in [-0.05, 0) is 18.9 Å². The molecule has 0 aliphatic rings. The van der Waals surface area contributed by atoms with Crippen molar-refractivity contribution in [2.24, 2.45) is 0 Å². The van der Waals surface area contributed by atoms with Crippen molar-refractivity contribution >= 4 is 0 Å². The topological polar surface area (TPSA) is 32.3 Å². The molecule has 0 aliphatic heterocycles. The fourth-order valence-corrected chi connectivity index (χ4v) is 1.18. The highest BCUT2D eigenvalue weighted by atomic mass is 16.3. The Labute approximate surface area is 79.6 Å². The number of benzene rings is 1. The number of hydrogen-bond donors (Lipinski definition) is 2. The maximum Gasteiger partial charge on any atom is 0.0445 e. The van der Waals surface area contributed by atoms with Gasteiger partial charge in [-0.3, -0.25) is 0 Å². The lowest BCUT2D eigenvalue weighted by Gasteiger charge is -2.11. The Bertz CT molecular complexity index is 223. The van der Waals surface area contributed by atoms with Gasteiger partial charge in [0.25, 0.3) is 0 Å². The van der Waals surface area contributed by atoms with Crippen molar-refractivity contribution in [3.05, 3.63) is 35.9 Å². The summed E-state index contributed by atoms with van der Waals surface area (Å²) in [7, 11) is 0. The molecule has 0 aliphatic carbocycles. The molecule has 1 rings (SSSR count). The SMILES string of the molecule is C[C@@H](CCO)NCc1ccccc1. The van der Waals surface area contributed by atoms with Gasteiger partial charge >= 0.3 is 0 Å². The van der Waals surface area contributed by atoms with Crippen LogP contribution >= 0.6 is 0 Å². The minimum absolute atomic E-state index is 0.253. The van der Waals surface area contributed by atoms with Crippen LogP contribution in [0.4, 0.5) is 0 Å². The molecule has 0 radical (unpaired) electrons. The Balaban J connectivity index is 2.27. The van der Waals surface area contributed by atoms with Gasteiger partial charge in [-0.1, -0.05) is 30.3 Å². The Morgan fingerprint density at radius 3 is 2.62 bits per heavy atom. The molecule has 1 aromatic carbocycles. The van der Waals surface area contributed by atoms with Crippen LogP contribution < -0.4 is 5.32 Å². The molecule has 2 nitrogen and oxygen atoms in total. The number of aliphatic hydroxyl groups excluding tert-OH is 1. The first-order valence-corrected chi connectivity index (χ1v) is 4.71. The number of aliphatic hydroxyl groups is 1. The van der Waals surface area contributed by atoms with E-state index in [9.17, 15) is 0 Å². The first kappa shape index (κ1) is 10.2. The number of rotatable bonds is 5. The largest absolute Gasteiger partial charge is 0.396 e. The molecule has 0 fully saturated rings. The summed E-state index contributed by atoms with van der Waals surface area (Å²) < 4.78 is 0. The van der Waals surface area contributed by atoms with Crippen LogP contribution in [0.5, 0.6) is 0 Å². The third-order valence-corrected chi connectivity index (χ3v) is 2.06. The Hall–Kier alpha value is -0.860. The van der Waals surface area contributed by atoms with Crippen LogP contribution in [-0.2, 0) is 6.54 Å². The van der Waals surface area contributed by atoms with Crippen molar-refractivity contribution in [1.29, 1.82) is 0 Å². The molecule has 2 heteroatoms. The van der Waals surface area contributed by atoms with E-state index in [1.807, 2.05) is 18.2 Å². The number of nitrogens with one attached hydrogen (secondary N) is 1. The maximum atomic E-state index is 8.69. The maximum absolute atomic E-state index is 8.69. The van der Waals surface area contributed by atoms with E-state index in [1.54, 1.807) is 0 Å². The zero-order valence-corrected chi connectivity index (χ0v) is 8.03. The molecule has 0 amide bonds. The summed E-state index contributed by atoms with van der Waals surface area (Å²) in [5.74, 6) is 0. The summed E-state index contributed by atoms with van der Waals surface area (Å²) >= 11 is 0. The predicted molar refractivity (Wildman–Crippen MR) is 54.4 cm³/mol. The highest BCUT2D eigenvalue weighted by Gasteiger charge is 1.99. The van der Waals surface area contributed by atoms with Crippen LogP contribution in [0.15, 0.2) is 30.3 Å². The van der Waals surface area contributed by atoms with Gasteiger partial charge in [-0.2, -0.15) is 0 Å². The lowest BCUT2D eigenvalue weighted by Crippen LogP contribution is -2.26. The normalized spacial score (nSPS) is 12.8. The highest BCUT2D eigenvalue weighted by molar-refractivity contribution is 5.14. The van der Waals surface area contributed by atoms with Crippen molar-refractivity contribution < 1.29 is 5.11 Å². The van der Waals surface area contributed by atoms with E-state index in [4.69, 9.17) is 5.11 Å². The molecule has 1 aromatic rings. The first-order valence-electron chi connectivity index (χ1n) is 4.71. The van der Waals surface area contributed by atoms with E-state index in [0.717, 1.165) is 13.0 Å². The third kappa shape index (κ3) is 4.06. The molecule has 0 spiro atoms. The minimum Gasteiger partial charge on any atom is -0.396 e. The lowest BCUT2D eigenvalue weighted by atomic mass is 10.2. The average Bonchev–Trinajstić information content (AvgIpc) is 2.17. The zero-order chi connectivity index (χ0) is 9.52. The second-order valence-corrected chi connectivity index (χ2v) is 3.28. The second kappa shape index (κ2) is 5.73. The summed E-state index contributed by atoms with van der Waals surface area (Å²) in [6.45, 7) is 3.21. The highest BCUT2D eigenvalue weighted by Crippen LogP contribution is 1.99. The van der Waals surface area contributed by atoms with E-state index in [-0.39, 0.29) is 6.61 Å². The van der Waals surface area contributed by atoms with Crippen LogP contribution in [0.1, 0.15) is 18.9 Å². The minimum atomic E-state index is 0.253. The van der Waals surface area contributed by atoms with E-state index in [0.29, 0.717) is 6.04 Å². The summed E-state index contributed by atoms with van der Waals surface area (Å²) in [5.41, 5.74) is 1.28. The molecule has 2 N–H and O–H groups in total. The smallest absolute Gasteiger partial charge is 0.0445 e. The van der Waals surface area contributed by atoms with Gasteiger partial charge in [0.05, 0.1) is 0 Å². The zero-order valence-electron chi connectivity index (χ0n) is 8.03. The predicted octanol–water partition coefficient (Wildman–Crippen LogP) is 1.55. The van der Waals surface area contributed by atoms with Crippen LogP contribution in [0.25, 0.3) is 0 Å². The molecular formula is C11H17NO. The van der Waals surface area contributed by atoms with Crippen molar-refractivity contribution in [2.75, 3.05) is 6.61 Å². The monoisotopic (exact) mass is 179 g/mol. The molecule has 0 saturated heterocycles. The van der Waals surface area contributed by atoms with Crippen LogP contribution in [0, 0.1) is 0 Å². The Morgan fingerprint density at radius 1 is 1.31 bits per heavy atom. The molecule has 0 saturated carbocycles. The summed E-state index contributed by atoms with van der Waals surface area (Å²) in [6.07, 6.45) is 0.812. The van der Waals surface area contributed by atoms with Gasteiger partial charge in [-0.25, -0.2) is 0 Å². The fourth-order valence-electron chi connectivity index (χ4n) is 1.18. The average molecular weight is 179 g/mol. The molecule has 0 bridgehead atoms. The molecule has 0 aromatic heterocycles. The standard InChI is InChI=1S/C11H17NO/c1-10(7-8-13)12-9-11-5-3-2-4-6-11/h2-6,10,12-13H,7-9H2,1H3/t10-/m0/s1. The Kier molecular flexibility index (Phi) is 4.50. The first-order chi connectivity index (χ1) is 6.33.